The van der Waals surface area contributed by atoms with E-state index >= 15 is 0 Å². The Kier molecular flexibility index (Phi) is 3.54. The van der Waals surface area contributed by atoms with Gasteiger partial charge in [0.25, 0.3) is 5.56 Å². The summed E-state index contributed by atoms with van der Waals surface area (Å²) in [7, 11) is 1.28. The van der Waals surface area contributed by atoms with E-state index in [0.29, 0.717) is 5.52 Å². The Labute approximate surface area is 147 Å². The Morgan fingerprint density at radius 2 is 1.92 bits per heavy atom. The number of fused-ring (bicyclic) bond motifs is 3. The van der Waals surface area contributed by atoms with Crippen molar-refractivity contribution in [2.45, 2.75) is 13.8 Å². The highest BCUT2D eigenvalue weighted by Gasteiger charge is 2.18. The number of esters is 1. The van der Waals surface area contributed by atoms with Gasteiger partial charge in [0.2, 0.25) is 0 Å². The van der Waals surface area contributed by atoms with Crippen LogP contribution in [-0.4, -0.2) is 37.5 Å². The van der Waals surface area contributed by atoms with Gasteiger partial charge in [0.05, 0.1) is 13.3 Å². The van der Waals surface area contributed by atoms with Gasteiger partial charge < -0.3 is 4.74 Å². The molecule has 26 heavy (non-hydrogen) atoms. The molecule has 3 heterocycles. The molecule has 130 valence electrons. The molecule has 0 atom stereocenters. The average molecular weight is 349 g/mol. The maximum absolute atomic E-state index is 12.9. The van der Waals surface area contributed by atoms with Crippen molar-refractivity contribution in [3.8, 4) is 5.69 Å². The average Bonchev–Trinajstić information content (AvgIpc) is 3.08. The molecule has 0 bridgehead atoms. The minimum absolute atomic E-state index is 0.165. The smallest absolute Gasteiger partial charge is 0.343 e. The summed E-state index contributed by atoms with van der Waals surface area (Å²) >= 11 is 0. The van der Waals surface area contributed by atoms with Crippen LogP contribution in [0.3, 0.4) is 0 Å². The van der Waals surface area contributed by atoms with Crippen LogP contribution in [0.4, 0.5) is 0 Å². The number of aryl methyl sites for hydroxylation is 2. The van der Waals surface area contributed by atoms with E-state index in [9.17, 15) is 9.59 Å². The van der Waals surface area contributed by atoms with E-state index in [1.165, 1.54) is 22.4 Å². The monoisotopic (exact) mass is 349 g/mol. The lowest BCUT2D eigenvalue weighted by Crippen LogP contribution is -2.20. The molecule has 0 N–H and O–H groups in total. The van der Waals surface area contributed by atoms with Crippen molar-refractivity contribution in [2.75, 3.05) is 7.11 Å². The molecular formula is C18H15N5O3. The van der Waals surface area contributed by atoms with E-state index in [-0.39, 0.29) is 22.3 Å². The third-order valence-electron chi connectivity index (χ3n) is 4.44. The molecule has 0 aliphatic carbocycles. The summed E-state index contributed by atoms with van der Waals surface area (Å²) in [5, 5.41) is 12.2. The Morgan fingerprint density at radius 1 is 1.12 bits per heavy atom. The van der Waals surface area contributed by atoms with E-state index in [4.69, 9.17) is 4.74 Å². The number of pyridine rings is 1. The number of hydrogen-bond acceptors (Lipinski definition) is 6. The third kappa shape index (κ3) is 2.26. The van der Waals surface area contributed by atoms with Crippen LogP contribution in [0.15, 0.2) is 41.5 Å². The van der Waals surface area contributed by atoms with Crippen molar-refractivity contribution in [3.05, 3.63) is 63.7 Å². The zero-order chi connectivity index (χ0) is 18.4. The summed E-state index contributed by atoms with van der Waals surface area (Å²) in [5.41, 5.74) is 3.75. The molecule has 0 radical (unpaired) electrons. The van der Waals surface area contributed by atoms with Crippen molar-refractivity contribution >= 4 is 22.6 Å². The number of carbonyl (C=O) groups is 1. The fourth-order valence-electron chi connectivity index (χ4n) is 2.82. The molecule has 0 fully saturated rings. The minimum Gasteiger partial charge on any atom is -0.465 e. The van der Waals surface area contributed by atoms with Crippen molar-refractivity contribution < 1.29 is 9.53 Å². The van der Waals surface area contributed by atoms with Gasteiger partial charge in [-0.1, -0.05) is 6.07 Å². The Hall–Kier alpha value is -3.55. The molecule has 8 heteroatoms. The van der Waals surface area contributed by atoms with Crippen molar-refractivity contribution in [1.29, 1.82) is 0 Å². The van der Waals surface area contributed by atoms with Crippen molar-refractivity contribution in [1.82, 2.24) is 24.4 Å². The van der Waals surface area contributed by atoms with Gasteiger partial charge in [-0.2, -0.15) is 5.10 Å². The lowest BCUT2D eigenvalue weighted by Gasteiger charge is -2.09. The van der Waals surface area contributed by atoms with E-state index in [0.717, 1.165) is 16.8 Å². The molecule has 4 rings (SSSR count). The number of carbonyl (C=O) groups excluding carboxylic acids is 1. The molecule has 3 aromatic heterocycles. The Morgan fingerprint density at radius 3 is 2.65 bits per heavy atom. The first-order valence-corrected chi connectivity index (χ1v) is 7.93. The highest BCUT2D eigenvalue weighted by molar-refractivity contribution is 5.96. The maximum atomic E-state index is 12.9. The lowest BCUT2D eigenvalue weighted by atomic mass is 10.1. The first-order valence-electron chi connectivity index (χ1n) is 7.93. The van der Waals surface area contributed by atoms with E-state index in [1.807, 2.05) is 32.0 Å². The first-order chi connectivity index (χ1) is 12.5. The van der Waals surface area contributed by atoms with Crippen LogP contribution >= 0.6 is 0 Å². The van der Waals surface area contributed by atoms with E-state index < -0.39 is 5.97 Å². The zero-order valence-corrected chi connectivity index (χ0v) is 14.4. The SMILES string of the molecule is COC(=O)c1cnn2c1nnc1c(=O)n(-c3ccc(C)c(C)c3)ccc12. The normalized spacial score (nSPS) is 11.2. The van der Waals surface area contributed by atoms with Crippen LogP contribution in [0.5, 0.6) is 0 Å². The summed E-state index contributed by atoms with van der Waals surface area (Å²) in [5.74, 6) is -0.558. The van der Waals surface area contributed by atoms with E-state index in [1.54, 1.807) is 12.3 Å². The van der Waals surface area contributed by atoms with Gasteiger partial charge in [-0.25, -0.2) is 9.31 Å². The van der Waals surface area contributed by atoms with Gasteiger partial charge in [0.1, 0.15) is 11.1 Å². The highest BCUT2D eigenvalue weighted by Crippen LogP contribution is 2.16. The largest absolute Gasteiger partial charge is 0.465 e. The summed E-state index contributed by atoms with van der Waals surface area (Å²) in [4.78, 5) is 24.7. The molecule has 0 saturated carbocycles. The fourth-order valence-corrected chi connectivity index (χ4v) is 2.82. The van der Waals surface area contributed by atoms with Gasteiger partial charge in [-0.05, 0) is 43.2 Å². The number of rotatable bonds is 2. The topological polar surface area (TPSA) is 91.4 Å². The molecule has 0 saturated heterocycles. The standard InChI is InChI=1S/C18H15N5O3/c1-10-4-5-12(8-11(10)2)22-7-6-14-15(17(22)24)20-21-16-13(18(25)26-3)9-19-23(14)16/h4-9H,1-3H3. The van der Waals surface area contributed by atoms with Gasteiger partial charge in [-0.15, -0.1) is 10.2 Å². The van der Waals surface area contributed by atoms with Crippen LogP contribution in [-0.2, 0) is 4.74 Å². The van der Waals surface area contributed by atoms with Crippen LogP contribution < -0.4 is 5.56 Å². The first kappa shape index (κ1) is 15.9. The second-order valence-electron chi connectivity index (χ2n) is 5.98. The number of hydrogen-bond donors (Lipinski definition) is 0. The zero-order valence-electron chi connectivity index (χ0n) is 14.4. The molecule has 0 spiro atoms. The predicted molar refractivity (Wildman–Crippen MR) is 94.7 cm³/mol. The van der Waals surface area contributed by atoms with Gasteiger partial charge in [0, 0.05) is 11.9 Å². The Bertz CT molecular complexity index is 1240. The van der Waals surface area contributed by atoms with Gasteiger partial charge in [0.15, 0.2) is 11.2 Å². The van der Waals surface area contributed by atoms with Crippen LogP contribution in [0.1, 0.15) is 21.5 Å². The quantitative estimate of drug-likeness (QED) is 0.513. The number of ether oxygens (including phenoxy) is 1. The van der Waals surface area contributed by atoms with E-state index in [2.05, 4.69) is 15.3 Å². The molecule has 0 aliphatic heterocycles. The molecule has 0 unspecified atom stereocenters. The maximum Gasteiger partial charge on any atom is 0.343 e. The minimum atomic E-state index is -0.558. The molecular weight excluding hydrogens is 334 g/mol. The molecule has 4 aromatic rings. The molecule has 0 aliphatic rings. The highest BCUT2D eigenvalue weighted by atomic mass is 16.5. The molecule has 0 amide bonds. The number of methoxy groups -OCH3 is 1. The fraction of sp³-hybridized carbons (Fsp3) is 0.167. The Balaban J connectivity index is 1.96. The predicted octanol–water partition coefficient (Wildman–Crippen LogP) is 1.83. The molecule has 1 aromatic carbocycles. The van der Waals surface area contributed by atoms with Gasteiger partial charge >= 0.3 is 5.97 Å². The van der Waals surface area contributed by atoms with Crippen molar-refractivity contribution in [2.24, 2.45) is 0 Å². The summed E-state index contributed by atoms with van der Waals surface area (Å²) in [6.07, 6.45) is 3.01. The van der Waals surface area contributed by atoms with Crippen LogP contribution in [0, 0.1) is 13.8 Å². The lowest BCUT2D eigenvalue weighted by molar-refractivity contribution is 0.0602. The summed E-state index contributed by atoms with van der Waals surface area (Å²) in [6.45, 7) is 4.01. The van der Waals surface area contributed by atoms with Crippen LogP contribution in [0.2, 0.25) is 0 Å². The number of aromatic nitrogens is 5. The second-order valence-corrected chi connectivity index (χ2v) is 5.98. The second kappa shape index (κ2) is 5.76. The number of nitrogens with zero attached hydrogens (tertiary/aromatic N) is 5. The van der Waals surface area contributed by atoms with Crippen molar-refractivity contribution in [3.63, 3.8) is 0 Å². The molecule has 8 nitrogen and oxygen atoms in total. The van der Waals surface area contributed by atoms with Crippen LogP contribution in [0.25, 0.3) is 22.4 Å². The third-order valence-corrected chi connectivity index (χ3v) is 4.44. The number of benzene rings is 1. The summed E-state index contributed by atoms with van der Waals surface area (Å²) < 4.78 is 7.64. The summed E-state index contributed by atoms with van der Waals surface area (Å²) in [6, 6.07) is 7.51. The van der Waals surface area contributed by atoms with Gasteiger partial charge in [-0.3, -0.25) is 9.36 Å².